The van der Waals surface area contributed by atoms with E-state index in [0.717, 1.165) is 183 Å². The number of hydrogen-bond acceptors (Lipinski definition) is 11. The second kappa shape index (κ2) is 27.6. The third-order valence-electron chi connectivity index (χ3n) is 22.9. The summed E-state index contributed by atoms with van der Waals surface area (Å²) in [6.07, 6.45) is 6.33. The number of unbranched alkanes of at least 4 members (excludes halogenated alkanes) is 2. The van der Waals surface area contributed by atoms with Gasteiger partial charge in [-0.05, 0) is 241 Å². The lowest BCUT2D eigenvalue weighted by atomic mass is 9.69. The van der Waals surface area contributed by atoms with Crippen LogP contribution in [0.1, 0.15) is 131 Å². The minimum Gasteiger partial charge on any atom is -0.422 e. The summed E-state index contributed by atoms with van der Waals surface area (Å²) in [5.41, 5.74) is 18.3. The normalized spacial score (nSPS) is 14.0. The van der Waals surface area contributed by atoms with Gasteiger partial charge >= 0.3 is 22.5 Å². The summed E-state index contributed by atoms with van der Waals surface area (Å²) in [7, 11) is 0. The van der Waals surface area contributed by atoms with Gasteiger partial charge in [-0.2, -0.15) is 0 Å². The van der Waals surface area contributed by atoms with E-state index in [1.165, 1.54) is 16.8 Å². The van der Waals surface area contributed by atoms with E-state index in [2.05, 4.69) is 176 Å². The smallest absolute Gasteiger partial charge is 0.344 e. The van der Waals surface area contributed by atoms with E-state index < -0.39 is 16.9 Å². The zero-order valence-electron chi connectivity index (χ0n) is 63.2. The first-order chi connectivity index (χ1) is 51.5. The molecule has 0 N–H and O–H groups in total. The highest BCUT2D eigenvalue weighted by molar-refractivity contribution is 6.07. The summed E-state index contributed by atoms with van der Waals surface area (Å²) in [6.45, 7) is 29.9. The van der Waals surface area contributed by atoms with Crippen molar-refractivity contribution >= 4 is 71.7 Å². The molecule has 11 nitrogen and oxygen atoms in total. The van der Waals surface area contributed by atoms with Crippen molar-refractivity contribution in [3.63, 3.8) is 0 Å². The van der Waals surface area contributed by atoms with Crippen LogP contribution in [-0.2, 0) is 16.2 Å². The quantitative estimate of drug-likeness (QED) is 0.0601. The van der Waals surface area contributed by atoms with E-state index in [1.807, 2.05) is 121 Å². The van der Waals surface area contributed by atoms with Crippen LogP contribution < -0.4 is 37.2 Å². The van der Waals surface area contributed by atoms with Gasteiger partial charge < -0.3 is 32.4 Å². The van der Waals surface area contributed by atoms with Crippen LogP contribution >= 0.6 is 0 Å². The van der Waals surface area contributed by atoms with Crippen LogP contribution in [0.15, 0.2) is 243 Å². The summed E-state index contributed by atoms with van der Waals surface area (Å²) in [5.74, 6) is 0. The molecule has 2 aliphatic heterocycles. The van der Waals surface area contributed by atoms with Crippen molar-refractivity contribution in [1.29, 1.82) is 0 Å². The van der Waals surface area contributed by atoms with E-state index in [4.69, 9.17) is 17.7 Å². The molecule has 16 rings (SSSR count). The Labute approximate surface area is 624 Å². The Balaban J connectivity index is 0.832. The van der Waals surface area contributed by atoms with Crippen LogP contribution in [0.25, 0.3) is 144 Å². The van der Waals surface area contributed by atoms with Crippen molar-refractivity contribution in [3.05, 3.63) is 265 Å². The minimum atomic E-state index is -0.509. The van der Waals surface area contributed by atoms with Crippen molar-refractivity contribution in [2.24, 2.45) is 0 Å². The van der Waals surface area contributed by atoms with Crippen molar-refractivity contribution in [2.75, 3.05) is 54.0 Å². The van der Waals surface area contributed by atoms with Crippen LogP contribution in [0.4, 0.5) is 17.1 Å². The highest BCUT2D eigenvalue weighted by Crippen LogP contribution is 2.52. The first kappa shape index (κ1) is 70.0. The number of rotatable bonds is 18. The number of fused-ring (bicyclic) bond motifs is 7. The average molecular weight is 1410 g/mol. The molecule has 0 fully saturated rings. The molecule has 0 bridgehead atoms. The van der Waals surface area contributed by atoms with Crippen LogP contribution in [0.5, 0.6) is 0 Å². The van der Waals surface area contributed by atoms with Gasteiger partial charge in [0.05, 0.1) is 22.3 Å². The van der Waals surface area contributed by atoms with Crippen molar-refractivity contribution in [3.8, 4) is 89.0 Å². The summed E-state index contributed by atoms with van der Waals surface area (Å²) in [6, 6.07) is 69.8. The molecule has 6 heterocycles. The van der Waals surface area contributed by atoms with Gasteiger partial charge in [0.1, 0.15) is 22.3 Å². The molecule has 4 aromatic heterocycles. The largest absolute Gasteiger partial charge is 0.422 e. The minimum absolute atomic E-state index is 0.0873. The zero-order valence-corrected chi connectivity index (χ0v) is 63.2. The molecule has 107 heavy (non-hydrogen) atoms. The third-order valence-corrected chi connectivity index (χ3v) is 22.9. The monoisotopic (exact) mass is 1410 g/mol. The van der Waals surface area contributed by atoms with E-state index in [0.29, 0.717) is 55.7 Å². The maximum Gasteiger partial charge on any atom is 0.344 e. The second-order valence-electron chi connectivity index (χ2n) is 31.9. The lowest BCUT2D eigenvalue weighted by Crippen LogP contribution is -2.44. The third kappa shape index (κ3) is 13.2. The highest BCUT2D eigenvalue weighted by Gasteiger charge is 2.42. The number of benzene rings is 10. The molecule has 0 unspecified atom stereocenters. The average Bonchev–Trinajstić information content (AvgIpc) is 0.712. The fourth-order valence-corrected chi connectivity index (χ4v) is 16.4. The summed E-state index contributed by atoms with van der Waals surface area (Å²) in [4.78, 5) is 65.0. The first-order valence-electron chi connectivity index (χ1n) is 38.2. The molecule has 0 saturated heterocycles. The zero-order chi connectivity index (χ0) is 74.4. The fraction of sp³-hybridized carbons (Fsp3) is 0.271. The van der Waals surface area contributed by atoms with Gasteiger partial charge in [-0.3, -0.25) is 0 Å². The molecule has 0 amide bonds. The van der Waals surface area contributed by atoms with Crippen molar-refractivity contribution < 1.29 is 17.7 Å². The topological polar surface area (TPSA) is 131 Å². The van der Waals surface area contributed by atoms with Crippen LogP contribution in [0, 0.1) is 0 Å². The van der Waals surface area contributed by atoms with Crippen LogP contribution in [0.3, 0.4) is 0 Å². The molecule has 0 atom stereocenters. The Morgan fingerprint density at radius 1 is 0.374 bits per heavy atom. The molecule has 0 spiro atoms. The standard InChI is InChI=1S/C96H91N3O8/c1-12-16-40-98(41-17-13-2)76-35-31-66-52-78(91(101)106-86(66)56-76)62-26-22-59(23-27-62)58-18-20-60(21-19-58)67-44-68(61-24-28-63(29-25-61)79-51-65-30-34-75(97(14-3)15-4)55-85(65)105-90(79)100)46-69(45-67)70-47-71(49-72(48-70)81-57-82-77-36-33-74(94(5,6)7)50-64(77)32-37-84(82)104-92(81)102)80-53-73-54-83-88-87(89(73)107-93(80)103)96(10,11)39-43-99(88)42-38-95(83,8)9/h18-37,44-57H,12-17,38-43H2,1-11H3. The summed E-state index contributed by atoms with van der Waals surface area (Å²) < 4.78 is 25.2. The molecule has 538 valence electrons. The van der Waals surface area contributed by atoms with Gasteiger partial charge in [0.25, 0.3) is 0 Å². The molecule has 2 aliphatic rings. The van der Waals surface area contributed by atoms with Gasteiger partial charge in [0.2, 0.25) is 0 Å². The van der Waals surface area contributed by atoms with Gasteiger partial charge in [0.15, 0.2) is 0 Å². The molecular weight excluding hydrogens is 1320 g/mol. The van der Waals surface area contributed by atoms with Crippen LogP contribution in [0.2, 0.25) is 0 Å². The predicted molar refractivity (Wildman–Crippen MR) is 443 cm³/mol. The lowest BCUT2D eigenvalue weighted by molar-refractivity contribution is 0.398. The fourth-order valence-electron chi connectivity index (χ4n) is 16.4. The van der Waals surface area contributed by atoms with Gasteiger partial charge in [-0.1, -0.05) is 172 Å². The van der Waals surface area contributed by atoms with E-state index >= 15 is 4.79 Å². The van der Waals surface area contributed by atoms with Gasteiger partial charge in [-0.25, -0.2) is 19.2 Å². The van der Waals surface area contributed by atoms with Crippen molar-refractivity contribution in [1.82, 2.24) is 0 Å². The van der Waals surface area contributed by atoms with E-state index in [-0.39, 0.29) is 21.9 Å². The highest BCUT2D eigenvalue weighted by atomic mass is 16.4. The Kier molecular flexibility index (Phi) is 18.0. The number of anilines is 3. The maximum atomic E-state index is 15.3. The van der Waals surface area contributed by atoms with E-state index in [9.17, 15) is 14.4 Å². The Morgan fingerprint density at radius 3 is 1.31 bits per heavy atom. The molecule has 14 aromatic rings. The Bertz CT molecular complexity index is 6090. The Hall–Kier alpha value is -11.3. The summed E-state index contributed by atoms with van der Waals surface area (Å²) >= 11 is 0. The van der Waals surface area contributed by atoms with Crippen LogP contribution in [-0.4, -0.2) is 39.3 Å². The lowest BCUT2D eigenvalue weighted by Gasteiger charge is -2.48. The number of nitrogens with zero attached hydrogens (tertiary/aromatic N) is 3. The number of hydrogen-bond donors (Lipinski definition) is 0. The second-order valence-corrected chi connectivity index (χ2v) is 31.9. The van der Waals surface area contributed by atoms with E-state index in [1.54, 1.807) is 0 Å². The SMILES string of the molecule is CCCCN(CCCC)c1ccc2cc(-c3ccc(-c4ccc(-c5cc(-c6ccc(-c7cc8ccc(N(CC)CC)cc8oc7=O)cc6)cc(-c6cc(-c7cc8c(ccc9cc(C(C)(C)C)ccc98)oc7=O)cc(-c7cc8cc9c%10c(c8oc7=O)C(C)(C)CCN%10CCC9(C)C)c6)c5)cc4)cc3)c(=O)oc2c1. The molecule has 0 saturated carbocycles. The first-order valence-corrected chi connectivity index (χ1v) is 38.2. The molecular formula is C96H91N3O8. The molecule has 11 heteroatoms. The molecule has 0 aliphatic carbocycles. The predicted octanol–water partition coefficient (Wildman–Crippen LogP) is 23.3. The van der Waals surface area contributed by atoms with Gasteiger partial charge in [-0.15, -0.1) is 0 Å². The maximum absolute atomic E-state index is 15.3. The molecule has 10 aromatic carbocycles. The molecule has 0 radical (unpaired) electrons. The summed E-state index contributed by atoms with van der Waals surface area (Å²) in [5, 5.41) is 5.34. The Morgan fingerprint density at radius 2 is 0.794 bits per heavy atom. The van der Waals surface area contributed by atoms with Gasteiger partial charge in [0, 0.05) is 95.6 Å². The van der Waals surface area contributed by atoms with Crippen molar-refractivity contribution in [2.45, 2.75) is 131 Å².